The lowest BCUT2D eigenvalue weighted by Crippen LogP contribution is -2.05. The Labute approximate surface area is 273 Å². The number of rotatable bonds is 3. The molecule has 0 saturated heterocycles. The van der Waals surface area contributed by atoms with Crippen molar-refractivity contribution in [3.63, 3.8) is 0 Å². The molecule has 0 aliphatic carbocycles. The number of hydrogen-bond acceptors (Lipinski definition) is 6. The van der Waals surface area contributed by atoms with E-state index in [0.29, 0.717) is 39.2 Å². The van der Waals surface area contributed by atoms with Gasteiger partial charge in [-0.3, -0.25) is 4.98 Å². The van der Waals surface area contributed by atoms with Crippen molar-refractivity contribution in [1.82, 2.24) is 14.1 Å². The van der Waals surface area contributed by atoms with E-state index in [0.717, 1.165) is 54.7 Å². The Hall–Kier alpha value is -7.70. The van der Waals surface area contributed by atoms with E-state index in [9.17, 15) is 26.3 Å². The molecule has 0 N–H and O–H groups in total. The summed E-state index contributed by atoms with van der Waals surface area (Å²) < 4.78 is 4.04. The minimum Gasteiger partial charge on any atom is -0.307 e. The van der Waals surface area contributed by atoms with Crippen LogP contribution in [-0.4, -0.2) is 14.1 Å². The van der Waals surface area contributed by atoms with Crippen LogP contribution in [0.4, 0.5) is 0 Å². The first-order valence-corrected chi connectivity index (χ1v) is 14.8. The Bertz CT molecular complexity index is 2580. The third kappa shape index (κ3) is 4.08. The molecule has 0 aliphatic heterocycles. The lowest BCUT2D eigenvalue weighted by molar-refractivity contribution is 1.09. The number of nitriles is 5. The normalized spacial score (nSPS) is 10.8. The molecule has 0 spiro atoms. The average Bonchev–Trinajstić information content (AvgIpc) is 3.64. The number of fused-ring (bicyclic) bond motifs is 6. The number of hydrogen-bond donors (Lipinski definition) is 0. The van der Waals surface area contributed by atoms with E-state index in [1.54, 1.807) is 48.8 Å². The molecule has 48 heavy (non-hydrogen) atoms. The molecule has 0 unspecified atom stereocenters. The summed E-state index contributed by atoms with van der Waals surface area (Å²) in [6, 6.07) is 40.5. The second kappa shape index (κ2) is 10.7. The number of nitrogens with zero attached hydrogens (tertiary/aromatic N) is 8. The maximum atomic E-state index is 9.86. The van der Waals surface area contributed by atoms with Crippen molar-refractivity contribution in [3.8, 4) is 52.8 Å². The summed E-state index contributed by atoms with van der Waals surface area (Å²) in [5.74, 6) is 0. The first kappa shape index (κ1) is 27.8. The van der Waals surface area contributed by atoms with Crippen LogP contribution < -0.4 is 0 Å². The average molecular weight is 611 g/mol. The van der Waals surface area contributed by atoms with Crippen molar-refractivity contribution >= 4 is 43.6 Å². The molecule has 0 atom stereocenters. The fourth-order valence-electron chi connectivity index (χ4n) is 6.62. The van der Waals surface area contributed by atoms with E-state index >= 15 is 0 Å². The van der Waals surface area contributed by atoms with Crippen LogP contribution in [0.25, 0.3) is 66.1 Å². The van der Waals surface area contributed by atoms with Crippen molar-refractivity contribution in [1.29, 1.82) is 26.3 Å². The monoisotopic (exact) mass is 610 g/mol. The predicted octanol–water partition coefficient (Wildman–Crippen LogP) is 8.30. The quantitative estimate of drug-likeness (QED) is 0.197. The first-order valence-electron chi connectivity index (χ1n) is 14.8. The third-order valence-electron chi connectivity index (χ3n) is 8.74. The zero-order chi connectivity index (χ0) is 32.9. The van der Waals surface area contributed by atoms with Gasteiger partial charge in [0.1, 0.15) is 0 Å². The summed E-state index contributed by atoms with van der Waals surface area (Å²) in [4.78, 5) is 4.76. The second-order valence-electron chi connectivity index (χ2n) is 11.3. The van der Waals surface area contributed by atoms with Crippen molar-refractivity contribution in [2.24, 2.45) is 0 Å². The second-order valence-corrected chi connectivity index (χ2v) is 11.3. The summed E-state index contributed by atoms with van der Waals surface area (Å²) in [6.45, 7) is 0. The Morgan fingerprint density at radius 3 is 1.02 bits per heavy atom. The largest absolute Gasteiger partial charge is 0.307 e. The third-order valence-corrected chi connectivity index (χ3v) is 8.74. The molecule has 0 bridgehead atoms. The van der Waals surface area contributed by atoms with Gasteiger partial charge in [0, 0.05) is 27.1 Å². The molecule has 8 nitrogen and oxygen atoms in total. The molecule has 0 radical (unpaired) electrons. The molecule has 0 fully saturated rings. The SMILES string of the molecule is N#Cc1ccc(-c2c(-n3c4cc(C#N)ccc4c4ccc(C#N)cc43)cncc2-n2c3cc(C#N)ccc3c3ccc(C#N)cc32)cc1. The van der Waals surface area contributed by atoms with Crippen LogP contribution in [0.1, 0.15) is 27.8 Å². The van der Waals surface area contributed by atoms with Gasteiger partial charge in [-0.25, -0.2) is 0 Å². The van der Waals surface area contributed by atoms with Crippen LogP contribution in [0.15, 0.2) is 109 Å². The fraction of sp³-hybridized carbons (Fsp3) is 0. The van der Waals surface area contributed by atoms with Gasteiger partial charge >= 0.3 is 0 Å². The number of pyridine rings is 1. The Morgan fingerprint density at radius 2 is 0.708 bits per heavy atom. The van der Waals surface area contributed by atoms with Gasteiger partial charge in [-0.05, 0) is 66.2 Å². The number of benzene rings is 5. The van der Waals surface area contributed by atoms with Gasteiger partial charge in [0.2, 0.25) is 0 Å². The van der Waals surface area contributed by atoms with E-state index in [1.807, 2.05) is 69.8 Å². The van der Waals surface area contributed by atoms with Gasteiger partial charge in [0.25, 0.3) is 0 Å². The van der Waals surface area contributed by atoms with Crippen LogP contribution in [-0.2, 0) is 0 Å². The van der Waals surface area contributed by atoms with Gasteiger partial charge < -0.3 is 9.13 Å². The highest BCUT2D eigenvalue weighted by Gasteiger charge is 2.23. The first-order chi connectivity index (χ1) is 23.6. The van der Waals surface area contributed by atoms with E-state index in [1.165, 1.54) is 0 Å². The van der Waals surface area contributed by atoms with E-state index in [4.69, 9.17) is 4.98 Å². The molecule has 8 heteroatoms. The zero-order valence-electron chi connectivity index (χ0n) is 25.0. The van der Waals surface area contributed by atoms with E-state index < -0.39 is 0 Å². The van der Waals surface area contributed by atoms with Gasteiger partial charge in [-0.1, -0.05) is 36.4 Å². The summed E-state index contributed by atoms with van der Waals surface area (Å²) in [5.41, 5.74) is 8.32. The summed E-state index contributed by atoms with van der Waals surface area (Å²) in [7, 11) is 0. The fourth-order valence-corrected chi connectivity index (χ4v) is 6.62. The molecule has 0 saturated carbocycles. The highest BCUT2D eigenvalue weighted by Crippen LogP contribution is 2.42. The highest BCUT2D eigenvalue weighted by atomic mass is 15.0. The van der Waals surface area contributed by atoms with E-state index in [2.05, 4.69) is 30.3 Å². The van der Waals surface area contributed by atoms with Crippen molar-refractivity contribution in [2.75, 3.05) is 0 Å². The van der Waals surface area contributed by atoms with Crippen LogP contribution in [0.3, 0.4) is 0 Å². The Kier molecular flexibility index (Phi) is 6.22. The maximum Gasteiger partial charge on any atom is 0.0992 e. The van der Waals surface area contributed by atoms with Gasteiger partial charge in [0.15, 0.2) is 0 Å². The minimum atomic E-state index is 0.478. The zero-order valence-corrected chi connectivity index (χ0v) is 25.0. The smallest absolute Gasteiger partial charge is 0.0992 e. The molecule has 0 aliphatic rings. The lowest BCUT2D eigenvalue weighted by atomic mass is 10.0. The molecule has 8 aromatic rings. The standard InChI is InChI=1S/C40H18N8/c41-17-24-1-7-29(8-2-24)40-38(47-34-13-25(18-42)3-9-30(34)31-10-4-26(19-43)14-35(31)47)22-46-23-39(40)48-36-15-27(20-44)5-11-32(36)33-12-6-28(21-45)16-37(33)48/h1-16,22-23H. The van der Waals surface area contributed by atoms with Gasteiger partial charge in [-0.2, -0.15) is 26.3 Å². The Morgan fingerprint density at radius 1 is 0.396 bits per heavy atom. The van der Waals surface area contributed by atoms with Crippen LogP contribution in [0, 0.1) is 56.7 Å². The minimum absolute atomic E-state index is 0.478. The lowest BCUT2D eigenvalue weighted by Gasteiger charge is -2.19. The maximum absolute atomic E-state index is 9.86. The molecule has 3 heterocycles. The van der Waals surface area contributed by atoms with Crippen molar-refractivity contribution in [2.45, 2.75) is 0 Å². The van der Waals surface area contributed by atoms with Crippen molar-refractivity contribution in [3.05, 3.63) is 137 Å². The molecule has 8 rings (SSSR count). The highest BCUT2D eigenvalue weighted by molar-refractivity contribution is 6.12. The molecule has 5 aromatic carbocycles. The predicted molar refractivity (Wildman–Crippen MR) is 182 cm³/mol. The van der Waals surface area contributed by atoms with Crippen LogP contribution >= 0.6 is 0 Å². The Balaban J connectivity index is 1.59. The number of aromatic nitrogens is 3. The topological polar surface area (TPSA) is 142 Å². The molecule has 3 aromatic heterocycles. The van der Waals surface area contributed by atoms with Crippen molar-refractivity contribution < 1.29 is 0 Å². The van der Waals surface area contributed by atoms with Crippen LogP contribution in [0.2, 0.25) is 0 Å². The van der Waals surface area contributed by atoms with E-state index in [-0.39, 0.29) is 0 Å². The summed E-state index contributed by atoms with van der Waals surface area (Å²) in [5, 5.41) is 52.7. The molecule has 0 amide bonds. The summed E-state index contributed by atoms with van der Waals surface area (Å²) >= 11 is 0. The molecule has 218 valence electrons. The molecular weight excluding hydrogens is 592 g/mol. The van der Waals surface area contributed by atoms with Crippen LogP contribution in [0.5, 0.6) is 0 Å². The summed E-state index contributed by atoms with van der Waals surface area (Å²) in [6.07, 6.45) is 3.51. The molecular formula is C40H18N8. The van der Waals surface area contributed by atoms with Gasteiger partial charge in [0.05, 0.1) is 104 Å². The van der Waals surface area contributed by atoms with Gasteiger partial charge in [-0.15, -0.1) is 0 Å².